The Morgan fingerprint density at radius 3 is 2.59 bits per heavy atom. The molecule has 1 aliphatic heterocycles. The summed E-state index contributed by atoms with van der Waals surface area (Å²) in [6.45, 7) is 4.68. The normalized spacial score (nSPS) is 17.0. The average Bonchev–Trinajstić information content (AvgIpc) is 3.09. The molecule has 0 unspecified atom stereocenters. The maximum absolute atomic E-state index is 4.27. The molecule has 2 heterocycles. The highest BCUT2D eigenvalue weighted by Crippen LogP contribution is 2.21. The summed E-state index contributed by atoms with van der Waals surface area (Å²) in [5.41, 5.74) is 2.52. The Morgan fingerprint density at radius 2 is 1.95 bits per heavy atom. The number of aromatic nitrogens is 2. The molecule has 0 atom stereocenters. The molecule has 4 nitrogen and oxygen atoms in total. The van der Waals surface area contributed by atoms with Crippen LogP contribution in [0.2, 0.25) is 0 Å². The number of nitrogens with zero attached hydrogens (tertiary/aromatic N) is 3. The van der Waals surface area contributed by atoms with Crippen LogP contribution in [0.1, 0.15) is 24.8 Å². The average molecular weight is 298 g/mol. The van der Waals surface area contributed by atoms with Gasteiger partial charge in [-0.25, -0.2) is 4.68 Å². The minimum absolute atomic E-state index is 0.908. The molecule has 0 radical (unpaired) electrons. The molecule has 0 spiro atoms. The number of rotatable bonds is 6. The van der Waals surface area contributed by atoms with Crippen molar-refractivity contribution < 1.29 is 0 Å². The monoisotopic (exact) mass is 298 g/mol. The van der Waals surface area contributed by atoms with Gasteiger partial charge in [0.25, 0.3) is 0 Å². The third-order valence-corrected chi connectivity index (χ3v) is 4.62. The van der Waals surface area contributed by atoms with Gasteiger partial charge in [0, 0.05) is 18.9 Å². The standard InChI is InChI=1S/C18H26N4/c1-19-11-7-16-8-13-21(14-9-16)15-17-3-5-18(6-4-17)22-12-2-10-20-22/h2-6,10,12,16,19H,7-9,11,13-15H2,1H3. The van der Waals surface area contributed by atoms with E-state index in [9.17, 15) is 0 Å². The first-order valence-corrected chi connectivity index (χ1v) is 8.31. The highest BCUT2D eigenvalue weighted by Gasteiger charge is 2.18. The Kier molecular flexibility index (Phi) is 5.24. The van der Waals surface area contributed by atoms with E-state index in [1.165, 1.54) is 37.9 Å². The van der Waals surface area contributed by atoms with Crippen molar-refractivity contribution in [3.63, 3.8) is 0 Å². The van der Waals surface area contributed by atoms with Gasteiger partial charge >= 0.3 is 0 Å². The first-order chi connectivity index (χ1) is 10.8. The van der Waals surface area contributed by atoms with E-state index in [1.807, 2.05) is 30.2 Å². The molecular formula is C18H26N4. The lowest BCUT2D eigenvalue weighted by atomic mass is 9.93. The van der Waals surface area contributed by atoms with E-state index in [1.54, 1.807) is 0 Å². The zero-order chi connectivity index (χ0) is 15.2. The van der Waals surface area contributed by atoms with Gasteiger partial charge in [-0.1, -0.05) is 12.1 Å². The van der Waals surface area contributed by atoms with Crippen LogP contribution < -0.4 is 5.32 Å². The van der Waals surface area contributed by atoms with E-state index in [-0.39, 0.29) is 0 Å². The van der Waals surface area contributed by atoms with Gasteiger partial charge in [0.15, 0.2) is 0 Å². The molecular weight excluding hydrogens is 272 g/mol. The smallest absolute Gasteiger partial charge is 0.0645 e. The number of hydrogen-bond acceptors (Lipinski definition) is 3. The van der Waals surface area contributed by atoms with Crippen LogP contribution >= 0.6 is 0 Å². The number of benzene rings is 1. The Balaban J connectivity index is 1.50. The Labute approximate surface area is 133 Å². The van der Waals surface area contributed by atoms with Gasteiger partial charge in [0.2, 0.25) is 0 Å². The van der Waals surface area contributed by atoms with Crippen molar-refractivity contribution in [1.29, 1.82) is 0 Å². The minimum Gasteiger partial charge on any atom is -0.320 e. The first kappa shape index (κ1) is 15.3. The molecule has 1 N–H and O–H groups in total. The minimum atomic E-state index is 0.908. The predicted molar refractivity (Wildman–Crippen MR) is 90.1 cm³/mol. The Hall–Kier alpha value is -1.65. The van der Waals surface area contributed by atoms with Crippen molar-refractivity contribution in [3.05, 3.63) is 48.3 Å². The summed E-state index contributed by atoms with van der Waals surface area (Å²) in [5.74, 6) is 0.908. The zero-order valence-corrected chi connectivity index (χ0v) is 13.4. The second kappa shape index (κ2) is 7.56. The highest BCUT2D eigenvalue weighted by atomic mass is 15.3. The molecule has 118 valence electrons. The molecule has 1 fully saturated rings. The second-order valence-electron chi connectivity index (χ2n) is 6.23. The Morgan fingerprint density at radius 1 is 1.18 bits per heavy atom. The van der Waals surface area contributed by atoms with Gasteiger partial charge in [-0.05, 0) is 75.6 Å². The summed E-state index contributed by atoms with van der Waals surface area (Å²) >= 11 is 0. The molecule has 22 heavy (non-hydrogen) atoms. The molecule has 0 saturated carbocycles. The van der Waals surface area contributed by atoms with E-state index < -0.39 is 0 Å². The first-order valence-electron chi connectivity index (χ1n) is 8.31. The van der Waals surface area contributed by atoms with Gasteiger partial charge in [0.1, 0.15) is 0 Å². The summed E-state index contributed by atoms with van der Waals surface area (Å²) in [6.07, 6.45) is 7.79. The number of nitrogens with one attached hydrogen (secondary N) is 1. The molecule has 3 rings (SSSR count). The van der Waals surface area contributed by atoms with Crippen LogP contribution in [-0.4, -0.2) is 41.4 Å². The van der Waals surface area contributed by atoms with Crippen molar-refractivity contribution in [2.45, 2.75) is 25.8 Å². The van der Waals surface area contributed by atoms with Gasteiger partial charge in [-0.2, -0.15) is 5.10 Å². The quantitative estimate of drug-likeness (QED) is 0.890. The lowest BCUT2D eigenvalue weighted by Crippen LogP contribution is -2.34. The van der Waals surface area contributed by atoms with E-state index in [0.29, 0.717) is 0 Å². The third kappa shape index (κ3) is 3.96. The zero-order valence-electron chi connectivity index (χ0n) is 13.4. The van der Waals surface area contributed by atoms with Crippen molar-refractivity contribution >= 4 is 0 Å². The molecule has 1 aromatic carbocycles. The molecule has 0 aliphatic carbocycles. The summed E-state index contributed by atoms with van der Waals surface area (Å²) in [5, 5.41) is 7.53. The van der Waals surface area contributed by atoms with Crippen LogP contribution in [0.15, 0.2) is 42.7 Å². The number of piperidine rings is 1. The molecule has 0 amide bonds. The van der Waals surface area contributed by atoms with Gasteiger partial charge in [0.05, 0.1) is 5.69 Å². The van der Waals surface area contributed by atoms with Crippen molar-refractivity contribution in [2.75, 3.05) is 26.7 Å². The highest BCUT2D eigenvalue weighted by molar-refractivity contribution is 5.33. The number of hydrogen-bond donors (Lipinski definition) is 1. The fourth-order valence-electron chi connectivity index (χ4n) is 3.22. The van der Waals surface area contributed by atoms with Crippen LogP contribution in [0.5, 0.6) is 0 Å². The second-order valence-corrected chi connectivity index (χ2v) is 6.23. The third-order valence-electron chi connectivity index (χ3n) is 4.62. The fraction of sp³-hybridized carbons (Fsp3) is 0.500. The largest absolute Gasteiger partial charge is 0.320 e. The topological polar surface area (TPSA) is 33.1 Å². The summed E-state index contributed by atoms with van der Waals surface area (Å²) < 4.78 is 1.90. The Bertz CT molecular complexity index is 539. The van der Waals surface area contributed by atoms with Gasteiger partial charge in [-0.3, -0.25) is 4.90 Å². The molecule has 1 saturated heterocycles. The molecule has 1 aliphatic rings. The fourth-order valence-corrected chi connectivity index (χ4v) is 3.22. The van der Waals surface area contributed by atoms with Crippen LogP contribution in [0, 0.1) is 5.92 Å². The summed E-state index contributed by atoms with van der Waals surface area (Å²) in [4.78, 5) is 2.58. The van der Waals surface area contributed by atoms with Crippen LogP contribution in [0.4, 0.5) is 0 Å². The van der Waals surface area contributed by atoms with E-state index in [2.05, 4.69) is 39.6 Å². The maximum atomic E-state index is 4.27. The van der Waals surface area contributed by atoms with Crippen molar-refractivity contribution in [2.24, 2.45) is 5.92 Å². The molecule has 0 bridgehead atoms. The summed E-state index contributed by atoms with van der Waals surface area (Å²) in [7, 11) is 2.04. The lowest BCUT2D eigenvalue weighted by Gasteiger charge is -2.32. The van der Waals surface area contributed by atoms with E-state index in [0.717, 1.165) is 24.7 Å². The van der Waals surface area contributed by atoms with E-state index >= 15 is 0 Å². The van der Waals surface area contributed by atoms with Crippen LogP contribution in [0.3, 0.4) is 0 Å². The summed E-state index contributed by atoms with van der Waals surface area (Å²) in [6, 6.07) is 10.7. The van der Waals surface area contributed by atoms with E-state index in [4.69, 9.17) is 0 Å². The molecule has 2 aromatic rings. The maximum Gasteiger partial charge on any atom is 0.0645 e. The lowest BCUT2D eigenvalue weighted by molar-refractivity contribution is 0.172. The van der Waals surface area contributed by atoms with Gasteiger partial charge in [-0.15, -0.1) is 0 Å². The van der Waals surface area contributed by atoms with Crippen molar-refractivity contribution in [3.8, 4) is 5.69 Å². The number of likely N-dealkylation sites (tertiary alicyclic amines) is 1. The SMILES string of the molecule is CNCCC1CCN(Cc2ccc(-n3cccn3)cc2)CC1. The van der Waals surface area contributed by atoms with Crippen molar-refractivity contribution in [1.82, 2.24) is 20.0 Å². The molecule has 4 heteroatoms. The van der Waals surface area contributed by atoms with Crippen LogP contribution in [0.25, 0.3) is 5.69 Å². The molecule has 1 aromatic heterocycles. The predicted octanol–water partition coefficient (Wildman–Crippen LogP) is 2.69. The van der Waals surface area contributed by atoms with Crippen LogP contribution in [-0.2, 0) is 6.54 Å². The van der Waals surface area contributed by atoms with Gasteiger partial charge < -0.3 is 5.32 Å².